The second-order valence-electron chi connectivity index (χ2n) is 10.8. The molecule has 0 aliphatic carbocycles. The summed E-state index contributed by atoms with van der Waals surface area (Å²) in [5.41, 5.74) is 0. The number of benzene rings is 2. The van der Waals surface area contributed by atoms with Crippen molar-refractivity contribution < 1.29 is 13.6 Å². The van der Waals surface area contributed by atoms with Crippen molar-refractivity contribution in [1.82, 2.24) is 0 Å². The molecule has 0 saturated carbocycles. The molecule has 2 aromatic carbocycles. The van der Waals surface area contributed by atoms with Crippen LogP contribution in [-0.4, -0.2) is 35.4 Å². The van der Waals surface area contributed by atoms with Gasteiger partial charge in [0.05, 0.1) is 6.61 Å². The van der Waals surface area contributed by atoms with Gasteiger partial charge in [0.15, 0.2) is 8.32 Å². The Morgan fingerprint density at radius 2 is 1.39 bits per heavy atom. The second-order valence-corrected chi connectivity index (χ2v) is 19.6. The van der Waals surface area contributed by atoms with Crippen molar-refractivity contribution in [1.29, 1.82) is 0 Å². The monoisotopic (exact) mass is 480 g/mol. The van der Waals surface area contributed by atoms with Gasteiger partial charge in [-0.05, 0) is 41.5 Å². The Bertz CT molecular complexity index is 888. The molecule has 33 heavy (non-hydrogen) atoms. The first kappa shape index (κ1) is 25.7. The fourth-order valence-electron chi connectivity index (χ4n) is 4.56. The van der Waals surface area contributed by atoms with E-state index in [1.807, 2.05) is 0 Å². The van der Waals surface area contributed by atoms with Gasteiger partial charge in [-0.2, -0.15) is 0 Å². The summed E-state index contributed by atoms with van der Waals surface area (Å²) in [6, 6.07) is 21.5. The van der Waals surface area contributed by atoms with E-state index in [2.05, 4.69) is 120 Å². The maximum absolute atomic E-state index is 7.09. The first-order chi connectivity index (χ1) is 15.5. The Hall–Kier alpha value is -1.93. The van der Waals surface area contributed by atoms with Crippen LogP contribution >= 0.6 is 0 Å². The SMILES string of the molecule is C=C1O[C@@H](CO[Si](c2ccccc2)(c2ccccc2)C(C)(C)C)C/C=C\C[C@H]1O[Si](C)(C)C. The summed E-state index contributed by atoms with van der Waals surface area (Å²) >= 11 is 0. The highest BCUT2D eigenvalue weighted by Gasteiger charge is 2.50. The lowest BCUT2D eigenvalue weighted by Crippen LogP contribution is -2.67. The van der Waals surface area contributed by atoms with Gasteiger partial charge in [-0.3, -0.25) is 0 Å². The number of hydrogen-bond donors (Lipinski definition) is 0. The molecule has 0 aromatic heterocycles. The molecule has 0 radical (unpaired) electrons. The molecule has 0 unspecified atom stereocenters. The average Bonchev–Trinajstić information content (AvgIpc) is 2.74. The minimum atomic E-state index is -2.60. The van der Waals surface area contributed by atoms with E-state index in [1.165, 1.54) is 10.4 Å². The van der Waals surface area contributed by atoms with Crippen LogP contribution < -0.4 is 10.4 Å². The van der Waals surface area contributed by atoms with Crippen LogP contribution in [0.5, 0.6) is 0 Å². The van der Waals surface area contributed by atoms with Crippen LogP contribution in [0, 0.1) is 0 Å². The van der Waals surface area contributed by atoms with Gasteiger partial charge in [0.1, 0.15) is 18.0 Å². The quantitative estimate of drug-likeness (QED) is 0.358. The van der Waals surface area contributed by atoms with Gasteiger partial charge in [0, 0.05) is 6.42 Å². The van der Waals surface area contributed by atoms with Crippen molar-refractivity contribution in [2.24, 2.45) is 0 Å². The van der Waals surface area contributed by atoms with Gasteiger partial charge in [0.25, 0.3) is 8.32 Å². The molecule has 1 aliphatic heterocycles. The van der Waals surface area contributed by atoms with Crippen LogP contribution in [0.15, 0.2) is 85.2 Å². The number of ether oxygens (including phenoxy) is 1. The zero-order valence-electron chi connectivity index (χ0n) is 21.1. The van der Waals surface area contributed by atoms with Crippen LogP contribution in [0.25, 0.3) is 0 Å². The second kappa shape index (κ2) is 10.6. The van der Waals surface area contributed by atoms with E-state index in [-0.39, 0.29) is 17.2 Å². The third kappa shape index (κ3) is 6.35. The predicted molar refractivity (Wildman–Crippen MR) is 144 cm³/mol. The summed E-state index contributed by atoms with van der Waals surface area (Å²) in [6.45, 7) is 18.3. The maximum atomic E-state index is 7.09. The normalized spacial score (nSPS) is 21.1. The van der Waals surface area contributed by atoms with Crippen LogP contribution in [0.2, 0.25) is 24.7 Å². The molecular formula is C28H40O3Si2. The highest BCUT2D eigenvalue weighted by atomic mass is 28.4. The van der Waals surface area contributed by atoms with Gasteiger partial charge in [0.2, 0.25) is 0 Å². The molecule has 3 nitrogen and oxygen atoms in total. The van der Waals surface area contributed by atoms with Gasteiger partial charge >= 0.3 is 0 Å². The van der Waals surface area contributed by atoms with Crippen LogP contribution in [-0.2, 0) is 13.6 Å². The Kier molecular flexibility index (Phi) is 8.22. The molecule has 5 heteroatoms. The summed E-state index contributed by atoms with van der Waals surface area (Å²) in [5, 5.41) is 2.50. The lowest BCUT2D eigenvalue weighted by molar-refractivity contribution is 0.0297. The van der Waals surface area contributed by atoms with E-state index in [9.17, 15) is 0 Å². The van der Waals surface area contributed by atoms with Gasteiger partial charge in [-0.15, -0.1) is 0 Å². The molecule has 0 saturated heterocycles. The predicted octanol–water partition coefficient (Wildman–Crippen LogP) is 6.03. The molecule has 0 N–H and O–H groups in total. The first-order valence-electron chi connectivity index (χ1n) is 12.0. The van der Waals surface area contributed by atoms with E-state index in [0.717, 1.165) is 18.6 Å². The molecule has 0 fully saturated rings. The van der Waals surface area contributed by atoms with Crippen molar-refractivity contribution in [2.45, 2.75) is 70.5 Å². The maximum Gasteiger partial charge on any atom is 0.261 e. The van der Waals surface area contributed by atoms with E-state index in [0.29, 0.717) is 6.61 Å². The lowest BCUT2D eigenvalue weighted by atomic mass is 10.1. The van der Waals surface area contributed by atoms with Gasteiger partial charge < -0.3 is 13.6 Å². The van der Waals surface area contributed by atoms with Crippen molar-refractivity contribution in [3.05, 3.63) is 85.2 Å². The van der Waals surface area contributed by atoms with Crippen LogP contribution in [0.4, 0.5) is 0 Å². The third-order valence-electron chi connectivity index (χ3n) is 5.99. The Balaban J connectivity index is 1.91. The highest BCUT2D eigenvalue weighted by molar-refractivity contribution is 6.99. The van der Waals surface area contributed by atoms with E-state index >= 15 is 0 Å². The summed E-state index contributed by atoms with van der Waals surface area (Å²) in [6.07, 6.45) is 5.83. The summed E-state index contributed by atoms with van der Waals surface area (Å²) in [5.74, 6) is 0.720. The molecule has 1 heterocycles. The lowest BCUT2D eigenvalue weighted by Gasteiger charge is -2.43. The largest absolute Gasteiger partial charge is 0.490 e. The van der Waals surface area contributed by atoms with Crippen LogP contribution in [0.3, 0.4) is 0 Å². The molecule has 178 valence electrons. The highest BCUT2D eigenvalue weighted by Crippen LogP contribution is 2.37. The molecule has 3 rings (SSSR count). The molecule has 0 bridgehead atoms. The number of rotatable bonds is 7. The average molecular weight is 481 g/mol. The van der Waals surface area contributed by atoms with Gasteiger partial charge in [-0.1, -0.05) is 100 Å². The van der Waals surface area contributed by atoms with Crippen molar-refractivity contribution in [2.75, 3.05) is 6.61 Å². The standard InChI is InChI=1S/C28H40O3Si2/c1-23-27(31-32(5,6)7)21-15-14-16-24(30-23)22-29-33(28(2,3)4,25-17-10-8-11-18-25)26-19-12-9-13-20-26/h8-15,17-20,24,27H,1,16,21-22H2,2-7H3/b15-14-/t24-,27-/m1/s1. The fraction of sp³-hybridized carbons (Fsp3) is 0.429. The zero-order chi connectivity index (χ0) is 24.1. The first-order valence-corrected chi connectivity index (χ1v) is 17.3. The Morgan fingerprint density at radius 3 is 1.88 bits per heavy atom. The minimum Gasteiger partial charge on any atom is -0.490 e. The van der Waals surface area contributed by atoms with Gasteiger partial charge in [-0.25, -0.2) is 0 Å². The minimum absolute atomic E-state index is 0.0619. The van der Waals surface area contributed by atoms with E-state index in [4.69, 9.17) is 13.6 Å². The number of hydrogen-bond acceptors (Lipinski definition) is 3. The molecule has 2 atom stereocenters. The van der Waals surface area contributed by atoms with Crippen molar-refractivity contribution in [3.8, 4) is 0 Å². The zero-order valence-corrected chi connectivity index (χ0v) is 23.1. The summed E-state index contributed by atoms with van der Waals surface area (Å²) < 4.78 is 19.8. The van der Waals surface area contributed by atoms with E-state index < -0.39 is 16.6 Å². The topological polar surface area (TPSA) is 27.7 Å². The molecule has 0 spiro atoms. The summed E-state index contributed by atoms with van der Waals surface area (Å²) in [7, 11) is -4.31. The smallest absolute Gasteiger partial charge is 0.261 e. The van der Waals surface area contributed by atoms with Crippen LogP contribution in [0.1, 0.15) is 33.6 Å². The summed E-state index contributed by atoms with van der Waals surface area (Å²) in [4.78, 5) is 0. The molecule has 1 aliphatic rings. The Morgan fingerprint density at radius 1 is 0.879 bits per heavy atom. The van der Waals surface area contributed by atoms with Crippen molar-refractivity contribution in [3.63, 3.8) is 0 Å². The van der Waals surface area contributed by atoms with Crippen molar-refractivity contribution >= 4 is 27.0 Å². The molecule has 2 aromatic rings. The molecule has 0 amide bonds. The fourth-order valence-corrected chi connectivity index (χ4v) is 10.2. The third-order valence-corrected chi connectivity index (χ3v) is 12.0. The molecular weight excluding hydrogens is 440 g/mol. The van der Waals surface area contributed by atoms with E-state index in [1.54, 1.807) is 0 Å². The Labute approximate surface area is 202 Å².